The van der Waals surface area contributed by atoms with Crippen molar-refractivity contribution in [2.24, 2.45) is 0 Å². The van der Waals surface area contributed by atoms with Crippen molar-refractivity contribution in [2.75, 3.05) is 5.06 Å². The maximum Gasteiger partial charge on any atom is 0.329 e. The Bertz CT molecular complexity index is 669. The minimum absolute atomic E-state index is 0.130. The van der Waals surface area contributed by atoms with E-state index < -0.39 is 39.4 Å². The summed E-state index contributed by atoms with van der Waals surface area (Å²) < 4.78 is 31.3. The predicted octanol–water partition coefficient (Wildman–Crippen LogP) is 0.365. The van der Waals surface area contributed by atoms with Gasteiger partial charge in [0.15, 0.2) is 6.04 Å². The SMILES string of the molecule is Cc1ccc(N(O)[C@@H](CC(=O)O)C(=O)O)cc1S(=O)(=O)O. The van der Waals surface area contributed by atoms with E-state index in [-0.39, 0.29) is 16.3 Å². The highest BCUT2D eigenvalue weighted by Crippen LogP contribution is 2.24. The van der Waals surface area contributed by atoms with Gasteiger partial charge in [0, 0.05) is 0 Å². The van der Waals surface area contributed by atoms with Crippen LogP contribution in [-0.2, 0) is 19.7 Å². The van der Waals surface area contributed by atoms with Crippen LogP contribution < -0.4 is 5.06 Å². The summed E-state index contributed by atoms with van der Waals surface area (Å²) in [5, 5.41) is 27.4. The molecule has 1 aromatic rings. The highest BCUT2D eigenvalue weighted by Gasteiger charge is 2.28. The van der Waals surface area contributed by atoms with Gasteiger partial charge in [0.1, 0.15) is 0 Å². The molecule has 0 amide bonds. The zero-order valence-corrected chi connectivity index (χ0v) is 11.6. The van der Waals surface area contributed by atoms with Gasteiger partial charge in [-0.05, 0) is 24.6 Å². The van der Waals surface area contributed by atoms with E-state index in [1.807, 2.05) is 0 Å². The number of anilines is 1. The van der Waals surface area contributed by atoms with Crippen LogP contribution in [0.4, 0.5) is 5.69 Å². The van der Waals surface area contributed by atoms with Gasteiger partial charge in [0.2, 0.25) is 0 Å². The minimum atomic E-state index is -4.56. The van der Waals surface area contributed by atoms with Crippen molar-refractivity contribution < 1.29 is 38.0 Å². The number of hydrogen-bond acceptors (Lipinski definition) is 6. The zero-order chi connectivity index (χ0) is 16.4. The third-order valence-electron chi connectivity index (χ3n) is 2.66. The fraction of sp³-hybridized carbons (Fsp3) is 0.273. The summed E-state index contributed by atoms with van der Waals surface area (Å²) in [7, 11) is -4.56. The summed E-state index contributed by atoms with van der Waals surface area (Å²) in [6.45, 7) is 1.39. The van der Waals surface area contributed by atoms with Gasteiger partial charge in [-0.2, -0.15) is 8.42 Å². The van der Waals surface area contributed by atoms with Crippen LogP contribution in [0.25, 0.3) is 0 Å². The van der Waals surface area contributed by atoms with Gasteiger partial charge in [-0.3, -0.25) is 14.6 Å². The molecule has 0 spiro atoms. The Hall–Kier alpha value is -2.17. The number of benzene rings is 1. The Morgan fingerprint density at radius 1 is 1.29 bits per heavy atom. The number of carboxylic acid groups (broad SMARTS) is 2. The second kappa shape index (κ2) is 6.08. The lowest BCUT2D eigenvalue weighted by Gasteiger charge is -2.23. The number of hydrogen-bond donors (Lipinski definition) is 4. The van der Waals surface area contributed by atoms with Gasteiger partial charge in [0.25, 0.3) is 10.1 Å². The molecule has 0 saturated heterocycles. The number of carbonyl (C=O) groups is 2. The lowest BCUT2D eigenvalue weighted by Crippen LogP contribution is -2.40. The largest absolute Gasteiger partial charge is 0.481 e. The van der Waals surface area contributed by atoms with E-state index >= 15 is 0 Å². The van der Waals surface area contributed by atoms with Crippen LogP contribution in [0, 0.1) is 6.92 Å². The number of rotatable bonds is 6. The highest BCUT2D eigenvalue weighted by atomic mass is 32.2. The molecular formula is C11H13NO8S. The van der Waals surface area contributed by atoms with Crippen LogP contribution in [0.2, 0.25) is 0 Å². The molecule has 0 radical (unpaired) electrons. The van der Waals surface area contributed by atoms with E-state index in [4.69, 9.17) is 14.8 Å². The summed E-state index contributed by atoms with van der Waals surface area (Å²) >= 11 is 0. The Kier molecular flexibility index (Phi) is 4.88. The molecule has 0 aromatic heterocycles. The topological polar surface area (TPSA) is 152 Å². The molecule has 0 unspecified atom stereocenters. The summed E-state index contributed by atoms with van der Waals surface area (Å²) in [5.41, 5.74) is -0.0957. The number of hydroxylamine groups is 1. The fourth-order valence-corrected chi connectivity index (χ4v) is 2.38. The molecule has 0 saturated carbocycles. The van der Waals surface area contributed by atoms with Gasteiger partial charge in [-0.25, -0.2) is 9.86 Å². The molecule has 116 valence electrons. The van der Waals surface area contributed by atoms with E-state index in [0.29, 0.717) is 0 Å². The summed E-state index contributed by atoms with van der Waals surface area (Å²) in [6.07, 6.45) is -0.902. The third kappa shape index (κ3) is 4.15. The monoisotopic (exact) mass is 319 g/mol. The molecule has 1 rings (SSSR count). The molecule has 0 aliphatic heterocycles. The molecule has 9 nitrogen and oxygen atoms in total. The Morgan fingerprint density at radius 3 is 2.29 bits per heavy atom. The zero-order valence-electron chi connectivity index (χ0n) is 10.8. The molecule has 0 aliphatic carbocycles. The van der Waals surface area contributed by atoms with E-state index in [1.54, 1.807) is 0 Å². The van der Waals surface area contributed by atoms with E-state index in [1.165, 1.54) is 19.1 Å². The van der Waals surface area contributed by atoms with E-state index in [9.17, 15) is 23.2 Å². The molecule has 1 atom stereocenters. The van der Waals surface area contributed by atoms with Crippen LogP contribution in [0.3, 0.4) is 0 Å². The minimum Gasteiger partial charge on any atom is -0.481 e. The van der Waals surface area contributed by atoms with Gasteiger partial charge in [0.05, 0.1) is 17.0 Å². The predicted molar refractivity (Wildman–Crippen MR) is 68.9 cm³/mol. The average molecular weight is 319 g/mol. The smallest absolute Gasteiger partial charge is 0.329 e. The first-order valence-corrected chi connectivity index (χ1v) is 6.99. The first kappa shape index (κ1) is 16.9. The van der Waals surface area contributed by atoms with Gasteiger partial charge in [-0.1, -0.05) is 6.07 Å². The summed E-state index contributed by atoms with van der Waals surface area (Å²) in [6, 6.07) is 1.48. The van der Waals surface area contributed by atoms with Crippen molar-refractivity contribution in [3.05, 3.63) is 23.8 Å². The highest BCUT2D eigenvalue weighted by molar-refractivity contribution is 7.85. The van der Waals surface area contributed by atoms with Crippen LogP contribution in [0.5, 0.6) is 0 Å². The quantitative estimate of drug-likeness (QED) is 0.430. The van der Waals surface area contributed by atoms with E-state index in [2.05, 4.69) is 0 Å². The normalized spacial score (nSPS) is 12.7. The van der Waals surface area contributed by atoms with Crippen molar-refractivity contribution in [1.82, 2.24) is 0 Å². The van der Waals surface area contributed by atoms with Gasteiger partial charge < -0.3 is 10.2 Å². The second-order valence-electron chi connectivity index (χ2n) is 4.22. The van der Waals surface area contributed by atoms with Crippen LogP contribution >= 0.6 is 0 Å². The number of aryl methyl sites for hydroxylation is 1. The second-order valence-corrected chi connectivity index (χ2v) is 5.61. The Labute approximate surface area is 119 Å². The Balaban J connectivity index is 3.26. The van der Waals surface area contributed by atoms with E-state index in [0.717, 1.165) is 6.07 Å². The van der Waals surface area contributed by atoms with Crippen molar-refractivity contribution in [2.45, 2.75) is 24.3 Å². The van der Waals surface area contributed by atoms with Crippen LogP contribution in [0.15, 0.2) is 23.1 Å². The lowest BCUT2D eigenvalue weighted by molar-refractivity contribution is -0.146. The molecular weight excluding hydrogens is 306 g/mol. The lowest BCUT2D eigenvalue weighted by atomic mass is 10.1. The van der Waals surface area contributed by atoms with Gasteiger partial charge >= 0.3 is 11.9 Å². The Morgan fingerprint density at radius 2 is 1.86 bits per heavy atom. The van der Waals surface area contributed by atoms with Crippen molar-refractivity contribution in [3.8, 4) is 0 Å². The molecule has 0 bridgehead atoms. The molecule has 0 fully saturated rings. The first-order chi connectivity index (χ1) is 9.54. The molecule has 0 heterocycles. The first-order valence-electron chi connectivity index (χ1n) is 5.55. The maximum absolute atomic E-state index is 11.2. The molecule has 10 heteroatoms. The number of nitrogens with zero attached hydrogens (tertiary/aromatic N) is 1. The van der Waals surface area contributed by atoms with Crippen LogP contribution in [-0.4, -0.2) is 46.4 Å². The van der Waals surface area contributed by atoms with Crippen molar-refractivity contribution in [1.29, 1.82) is 0 Å². The molecule has 21 heavy (non-hydrogen) atoms. The maximum atomic E-state index is 11.2. The number of carboxylic acids is 2. The fourth-order valence-electron chi connectivity index (χ4n) is 1.63. The van der Waals surface area contributed by atoms with Gasteiger partial charge in [-0.15, -0.1) is 0 Å². The molecule has 0 aliphatic rings. The summed E-state index contributed by atoms with van der Waals surface area (Å²) in [4.78, 5) is 21.0. The van der Waals surface area contributed by atoms with Crippen molar-refractivity contribution in [3.63, 3.8) is 0 Å². The standard InChI is InChI=1S/C11H13NO8S/c1-6-2-3-7(4-9(6)21(18,19)20)12(17)8(11(15)16)5-10(13)14/h2-4,8,17H,5H2,1H3,(H,13,14)(H,15,16)(H,18,19,20)/t8-/m0/s1. The van der Waals surface area contributed by atoms with Crippen LogP contribution in [0.1, 0.15) is 12.0 Å². The molecule has 1 aromatic carbocycles. The number of aliphatic carboxylic acids is 2. The average Bonchev–Trinajstić information content (AvgIpc) is 2.33. The third-order valence-corrected chi connectivity index (χ3v) is 3.66. The molecule has 4 N–H and O–H groups in total. The summed E-state index contributed by atoms with van der Waals surface area (Å²) in [5.74, 6) is -3.06. The van der Waals surface area contributed by atoms with Crippen molar-refractivity contribution >= 4 is 27.7 Å².